The molecule has 1 heterocycles. The molecule has 2 aromatic rings. The van der Waals surface area contributed by atoms with Gasteiger partial charge in [-0.2, -0.15) is 0 Å². The van der Waals surface area contributed by atoms with Crippen molar-refractivity contribution in [2.45, 2.75) is 26.7 Å². The molecule has 0 saturated heterocycles. The Hall–Kier alpha value is -1.95. The van der Waals surface area contributed by atoms with Crippen molar-refractivity contribution in [1.82, 2.24) is 15.6 Å². The summed E-state index contributed by atoms with van der Waals surface area (Å²) in [6.07, 6.45) is 1.77. The molecule has 0 saturated carbocycles. The summed E-state index contributed by atoms with van der Waals surface area (Å²) in [7, 11) is 1.76. The summed E-state index contributed by atoms with van der Waals surface area (Å²) in [4.78, 5) is 9.97. The van der Waals surface area contributed by atoms with E-state index in [-0.39, 0.29) is 5.82 Å². The third kappa shape index (κ3) is 5.63. The molecule has 0 bridgehead atoms. The van der Waals surface area contributed by atoms with Crippen molar-refractivity contribution in [3.8, 4) is 0 Å². The van der Waals surface area contributed by atoms with Gasteiger partial charge < -0.3 is 10.6 Å². The number of rotatable bonds is 6. The Morgan fingerprint density at radius 3 is 2.35 bits per heavy atom. The molecule has 0 radical (unpaired) electrons. The first-order valence-electron chi connectivity index (χ1n) is 7.70. The van der Waals surface area contributed by atoms with Crippen LogP contribution in [0.3, 0.4) is 0 Å². The average Bonchev–Trinajstić information content (AvgIpc) is 2.85. The molecule has 1 aromatic heterocycles. The highest BCUT2D eigenvalue weighted by Gasteiger charge is 2.05. The Kier molecular flexibility index (Phi) is 6.52. The minimum absolute atomic E-state index is 0.201. The number of aliphatic imine (C=N–C) groups is 1. The van der Waals surface area contributed by atoms with Gasteiger partial charge in [0, 0.05) is 31.4 Å². The van der Waals surface area contributed by atoms with E-state index in [1.807, 2.05) is 19.1 Å². The van der Waals surface area contributed by atoms with Gasteiger partial charge in [0.1, 0.15) is 5.82 Å². The molecule has 0 aliphatic carbocycles. The van der Waals surface area contributed by atoms with Crippen molar-refractivity contribution in [3.05, 3.63) is 51.2 Å². The van der Waals surface area contributed by atoms with Gasteiger partial charge in [-0.25, -0.2) is 9.37 Å². The first-order chi connectivity index (χ1) is 11.1. The molecule has 23 heavy (non-hydrogen) atoms. The van der Waals surface area contributed by atoms with E-state index in [9.17, 15) is 4.39 Å². The summed E-state index contributed by atoms with van der Waals surface area (Å²) in [6, 6.07) is 6.59. The van der Waals surface area contributed by atoms with Crippen LogP contribution in [-0.4, -0.2) is 31.1 Å². The van der Waals surface area contributed by atoms with Crippen molar-refractivity contribution in [3.63, 3.8) is 0 Å². The predicted molar refractivity (Wildman–Crippen MR) is 94.8 cm³/mol. The van der Waals surface area contributed by atoms with Crippen LogP contribution in [0.1, 0.15) is 21.1 Å². The highest BCUT2D eigenvalue weighted by atomic mass is 32.1. The van der Waals surface area contributed by atoms with Gasteiger partial charge >= 0.3 is 0 Å². The lowest BCUT2D eigenvalue weighted by Crippen LogP contribution is -2.39. The first-order valence-corrected chi connectivity index (χ1v) is 8.52. The molecule has 0 amide bonds. The van der Waals surface area contributed by atoms with Crippen LogP contribution in [-0.2, 0) is 12.8 Å². The zero-order valence-corrected chi connectivity index (χ0v) is 14.6. The lowest BCUT2D eigenvalue weighted by Gasteiger charge is -2.11. The van der Waals surface area contributed by atoms with Crippen molar-refractivity contribution in [2.75, 3.05) is 20.1 Å². The van der Waals surface area contributed by atoms with E-state index in [0.717, 1.165) is 48.2 Å². The number of guanidine groups is 1. The monoisotopic (exact) mass is 334 g/mol. The third-order valence-corrected chi connectivity index (χ3v) is 4.62. The van der Waals surface area contributed by atoms with E-state index in [4.69, 9.17) is 0 Å². The molecule has 4 nitrogen and oxygen atoms in total. The van der Waals surface area contributed by atoms with Crippen molar-refractivity contribution < 1.29 is 4.39 Å². The SMILES string of the molecule is CN=C(NCCc1ccc(F)cc1)NCCc1sc(C)nc1C. The molecule has 124 valence electrons. The third-order valence-electron chi connectivity index (χ3n) is 3.49. The second-order valence-corrected chi connectivity index (χ2v) is 6.58. The summed E-state index contributed by atoms with van der Waals surface area (Å²) in [5.41, 5.74) is 2.22. The maximum Gasteiger partial charge on any atom is 0.190 e. The topological polar surface area (TPSA) is 49.3 Å². The van der Waals surface area contributed by atoms with E-state index >= 15 is 0 Å². The Morgan fingerprint density at radius 1 is 1.13 bits per heavy atom. The number of aromatic nitrogens is 1. The maximum absolute atomic E-state index is 12.9. The average molecular weight is 334 g/mol. The van der Waals surface area contributed by atoms with E-state index in [0.29, 0.717) is 0 Å². The summed E-state index contributed by atoms with van der Waals surface area (Å²) in [6.45, 7) is 5.65. The minimum atomic E-state index is -0.201. The molecule has 2 N–H and O–H groups in total. The minimum Gasteiger partial charge on any atom is -0.356 e. The molecule has 0 aliphatic heterocycles. The summed E-state index contributed by atoms with van der Waals surface area (Å²) >= 11 is 1.75. The molecule has 2 rings (SSSR count). The quantitative estimate of drug-likeness (QED) is 0.631. The van der Waals surface area contributed by atoms with Crippen LogP contribution in [0.4, 0.5) is 4.39 Å². The normalized spacial score (nSPS) is 11.6. The smallest absolute Gasteiger partial charge is 0.190 e. The molecule has 1 aromatic carbocycles. The van der Waals surface area contributed by atoms with Gasteiger partial charge in [-0.3, -0.25) is 4.99 Å². The molecule has 0 aliphatic rings. The second kappa shape index (κ2) is 8.62. The van der Waals surface area contributed by atoms with E-state index in [2.05, 4.69) is 27.5 Å². The second-order valence-electron chi connectivity index (χ2n) is 5.29. The Labute approximate surface area is 140 Å². The standard InChI is InChI=1S/C17H23FN4S/c1-12-16(23-13(2)22-12)9-11-21-17(19-3)20-10-8-14-4-6-15(18)7-5-14/h4-7H,8-11H2,1-3H3,(H2,19,20,21). The largest absolute Gasteiger partial charge is 0.356 e. The zero-order valence-electron chi connectivity index (χ0n) is 13.8. The highest BCUT2D eigenvalue weighted by Crippen LogP contribution is 2.16. The van der Waals surface area contributed by atoms with E-state index in [1.54, 1.807) is 18.4 Å². The fourth-order valence-corrected chi connectivity index (χ4v) is 3.23. The summed E-state index contributed by atoms with van der Waals surface area (Å²) in [5, 5.41) is 7.69. The maximum atomic E-state index is 12.9. The number of nitrogens with one attached hydrogen (secondary N) is 2. The van der Waals surface area contributed by atoms with Crippen LogP contribution < -0.4 is 10.6 Å². The Morgan fingerprint density at radius 2 is 1.78 bits per heavy atom. The van der Waals surface area contributed by atoms with Crippen LogP contribution in [0.5, 0.6) is 0 Å². The van der Waals surface area contributed by atoms with Crippen LogP contribution in [0.15, 0.2) is 29.3 Å². The molecular formula is C17H23FN4S. The Balaban J connectivity index is 1.71. The predicted octanol–water partition coefficient (Wildman–Crippen LogP) is 2.85. The van der Waals surface area contributed by atoms with Crippen LogP contribution in [0, 0.1) is 19.7 Å². The van der Waals surface area contributed by atoms with Crippen LogP contribution in [0.2, 0.25) is 0 Å². The van der Waals surface area contributed by atoms with Gasteiger partial charge in [-0.1, -0.05) is 12.1 Å². The van der Waals surface area contributed by atoms with Gasteiger partial charge in [0.2, 0.25) is 0 Å². The highest BCUT2D eigenvalue weighted by molar-refractivity contribution is 7.11. The van der Waals surface area contributed by atoms with Gasteiger partial charge in [0.15, 0.2) is 5.96 Å². The summed E-state index contributed by atoms with van der Waals surface area (Å²) in [5.74, 6) is 0.582. The fraction of sp³-hybridized carbons (Fsp3) is 0.412. The zero-order chi connectivity index (χ0) is 16.7. The van der Waals surface area contributed by atoms with Crippen molar-refractivity contribution >= 4 is 17.3 Å². The first kappa shape index (κ1) is 17.4. The summed E-state index contributed by atoms with van der Waals surface area (Å²) < 4.78 is 12.9. The number of thiazole rings is 1. The van der Waals surface area contributed by atoms with E-state index in [1.165, 1.54) is 17.0 Å². The van der Waals surface area contributed by atoms with Gasteiger partial charge in [0.05, 0.1) is 10.7 Å². The number of hydrogen-bond acceptors (Lipinski definition) is 3. The molecular weight excluding hydrogens is 311 g/mol. The fourth-order valence-electron chi connectivity index (χ4n) is 2.30. The molecule has 0 unspecified atom stereocenters. The van der Waals surface area contributed by atoms with Gasteiger partial charge in [-0.15, -0.1) is 11.3 Å². The lowest BCUT2D eigenvalue weighted by molar-refractivity contribution is 0.626. The van der Waals surface area contributed by atoms with Crippen molar-refractivity contribution in [1.29, 1.82) is 0 Å². The number of nitrogens with zero attached hydrogens (tertiary/aromatic N) is 2. The van der Waals surface area contributed by atoms with E-state index < -0.39 is 0 Å². The lowest BCUT2D eigenvalue weighted by atomic mass is 10.1. The van der Waals surface area contributed by atoms with Crippen LogP contribution >= 0.6 is 11.3 Å². The molecule has 0 spiro atoms. The Bertz CT molecular complexity index is 649. The van der Waals surface area contributed by atoms with Crippen LogP contribution in [0.25, 0.3) is 0 Å². The van der Waals surface area contributed by atoms with Crippen molar-refractivity contribution in [2.24, 2.45) is 4.99 Å². The number of benzene rings is 1. The number of aryl methyl sites for hydroxylation is 2. The number of halogens is 1. The molecule has 0 atom stereocenters. The van der Waals surface area contributed by atoms with Gasteiger partial charge in [-0.05, 0) is 38.0 Å². The molecule has 6 heteroatoms. The number of hydrogen-bond donors (Lipinski definition) is 2. The molecule has 0 fully saturated rings. The van der Waals surface area contributed by atoms with Gasteiger partial charge in [0.25, 0.3) is 0 Å².